The number of anilines is 2. The van der Waals surface area contributed by atoms with Crippen LogP contribution in [0.1, 0.15) is 40.6 Å². The number of aromatic nitrogens is 3. The van der Waals surface area contributed by atoms with E-state index in [0.29, 0.717) is 16.5 Å². The number of rotatable bonds is 5. The van der Waals surface area contributed by atoms with E-state index in [1.807, 2.05) is 32.9 Å². The van der Waals surface area contributed by atoms with E-state index in [1.165, 1.54) is 11.3 Å². The maximum absolute atomic E-state index is 12.8. The number of carbonyl (C=O) groups excluding carboxylic acids is 1. The van der Waals surface area contributed by atoms with E-state index in [4.69, 9.17) is 0 Å². The topological polar surface area (TPSA) is 71.0 Å². The minimum absolute atomic E-state index is 0.160. The SMILES string of the molecule is CCN(CC)c1nc(C)nc2sc(C(=O)Nc3cccc(C)n3)c(C)c12. The number of hydrogen-bond donors (Lipinski definition) is 1. The van der Waals surface area contributed by atoms with Gasteiger partial charge in [0.05, 0.1) is 10.3 Å². The summed E-state index contributed by atoms with van der Waals surface area (Å²) in [4.78, 5) is 30.1. The van der Waals surface area contributed by atoms with Gasteiger partial charge >= 0.3 is 0 Å². The number of thiophene rings is 1. The molecule has 136 valence electrons. The van der Waals surface area contributed by atoms with E-state index in [2.05, 4.69) is 39.0 Å². The maximum Gasteiger partial charge on any atom is 0.267 e. The van der Waals surface area contributed by atoms with Crippen LogP contribution in [0.3, 0.4) is 0 Å². The van der Waals surface area contributed by atoms with Crippen molar-refractivity contribution in [2.75, 3.05) is 23.3 Å². The summed E-state index contributed by atoms with van der Waals surface area (Å²) in [7, 11) is 0. The van der Waals surface area contributed by atoms with Gasteiger partial charge in [0.2, 0.25) is 0 Å². The van der Waals surface area contributed by atoms with Gasteiger partial charge in [-0.25, -0.2) is 15.0 Å². The van der Waals surface area contributed by atoms with Crippen LogP contribution in [-0.2, 0) is 0 Å². The molecule has 0 saturated heterocycles. The first-order chi connectivity index (χ1) is 12.4. The molecule has 1 amide bonds. The highest BCUT2D eigenvalue weighted by atomic mass is 32.1. The standard InChI is InChI=1S/C19H23N5OS/c1-6-24(7-2)17-15-12(4)16(26-19(15)22-13(5)21-17)18(25)23-14-10-8-9-11(3)20-14/h8-10H,6-7H2,1-5H3,(H,20,23,25). The molecule has 3 rings (SSSR count). The molecule has 3 aromatic rings. The second-order valence-corrected chi connectivity index (χ2v) is 7.12. The normalized spacial score (nSPS) is 11.0. The smallest absolute Gasteiger partial charge is 0.267 e. The summed E-state index contributed by atoms with van der Waals surface area (Å²) in [6.45, 7) is 11.7. The Hall–Kier alpha value is -2.54. The van der Waals surface area contributed by atoms with Crippen LogP contribution in [0.25, 0.3) is 10.2 Å². The van der Waals surface area contributed by atoms with Crippen LogP contribution in [0.15, 0.2) is 18.2 Å². The van der Waals surface area contributed by atoms with E-state index in [9.17, 15) is 4.79 Å². The number of pyridine rings is 1. The molecule has 7 heteroatoms. The van der Waals surface area contributed by atoms with E-state index in [-0.39, 0.29) is 5.91 Å². The Bertz CT molecular complexity index is 962. The Morgan fingerprint density at radius 2 is 1.85 bits per heavy atom. The van der Waals surface area contributed by atoms with E-state index in [1.54, 1.807) is 6.07 Å². The van der Waals surface area contributed by atoms with Crippen LogP contribution in [0.4, 0.5) is 11.6 Å². The van der Waals surface area contributed by atoms with Gasteiger partial charge in [0.25, 0.3) is 5.91 Å². The molecule has 0 aromatic carbocycles. The lowest BCUT2D eigenvalue weighted by atomic mass is 10.2. The van der Waals surface area contributed by atoms with Crippen molar-refractivity contribution in [2.24, 2.45) is 0 Å². The van der Waals surface area contributed by atoms with Crippen molar-refractivity contribution in [3.05, 3.63) is 40.2 Å². The summed E-state index contributed by atoms with van der Waals surface area (Å²) >= 11 is 1.40. The number of fused-ring (bicyclic) bond motifs is 1. The van der Waals surface area contributed by atoms with Gasteiger partial charge in [-0.2, -0.15) is 0 Å². The monoisotopic (exact) mass is 369 g/mol. The number of nitrogens with zero attached hydrogens (tertiary/aromatic N) is 4. The summed E-state index contributed by atoms with van der Waals surface area (Å²) in [5.41, 5.74) is 1.78. The zero-order chi connectivity index (χ0) is 18.8. The summed E-state index contributed by atoms with van der Waals surface area (Å²) in [6, 6.07) is 5.57. The highest BCUT2D eigenvalue weighted by molar-refractivity contribution is 7.20. The summed E-state index contributed by atoms with van der Waals surface area (Å²) in [6.07, 6.45) is 0. The molecule has 0 aliphatic carbocycles. The van der Waals surface area contributed by atoms with Gasteiger partial charge in [0, 0.05) is 18.8 Å². The van der Waals surface area contributed by atoms with Crippen LogP contribution in [0.5, 0.6) is 0 Å². The molecule has 0 unspecified atom stereocenters. The minimum atomic E-state index is -0.160. The third kappa shape index (κ3) is 3.39. The molecular formula is C19H23N5OS. The number of hydrogen-bond acceptors (Lipinski definition) is 6. The van der Waals surface area contributed by atoms with Crippen molar-refractivity contribution in [2.45, 2.75) is 34.6 Å². The molecule has 0 spiro atoms. The van der Waals surface area contributed by atoms with Crippen molar-refractivity contribution in [1.29, 1.82) is 0 Å². The van der Waals surface area contributed by atoms with Crippen LogP contribution in [0, 0.1) is 20.8 Å². The Labute approximate surface area is 157 Å². The van der Waals surface area contributed by atoms with Gasteiger partial charge in [0.15, 0.2) is 0 Å². The molecule has 0 saturated carbocycles. The largest absolute Gasteiger partial charge is 0.357 e. The van der Waals surface area contributed by atoms with Gasteiger partial charge < -0.3 is 10.2 Å². The zero-order valence-corrected chi connectivity index (χ0v) is 16.6. The lowest BCUT2D eigenvalue weighted by molar-refractivity contribution is 0.102. The Kier molecular flexibility index (Phi) is 5.18. The van der Waals surface area contributed by atoms with E-state index in [0.717, 1.165) is 40.4 Å². The fourth-order valence-electron chi connectivity index (χ4n) is 2.98. The summed E-state index contributed by atoms with van der Waals surface area (Å²) in [5.74, 6) is 2.01. The first kappa shape index (κ1) is 18.3. The third-order valence-corrected chi connectivity index (χ3v) is 5.47. The van der Waals surface area contributed by atoms with Crippen LogP contribution < -0.4 is 10.2 Å². The first-order valence-corrected chi connectivity index (χ1v) is 9.53. The van der Waals surface area contributed by atoms with Crippen molar-refractivity contribution in [1.82, 2.24) is 15.0 Å². The number of amides is 1. The molecule has 0 aliphatic rings. The molecule has 0 radical (unpaired) electrons. The predicted octanol–water partition coefficient (Wildman–Crippen LogP) is 4.11. The Balaban J connectivity index is 2.06. The van der Waals surface area contributed by atoms with E-state index >= 15 is 0 Å². The molecule has 26 heavy (non-hydrogen) atoms. The van der Waals surface area contributed by atoms with Crippen molar-refractivity contribution in [3.8, 4) is 0 Å². The molecular weight excluding hydrogens is 346 g/mol. The quantitative estimate of drug-likeness (QED) is 0.733. The molecule has 0 bridgehead atoms. The van der Waals surface area contributed by atoms with Gasteiger partial charge in [-0.15, -0.1) is 11.3 Å². The van der Waals surface area contributed by atoms with Crippen molar-refractivity contribution >= 4 is 39.1 Å². The predicted molar refractivity (Wildman–Crippen MR) is 107 cm³/mol. The highest BCUT2D eigenvalue weighted by Crippen LogP contribution is 2.35. The molecule has 1 N–H and O–H groups in total. The maximum atomic E-state index is 12.8. The number of carbonyl (C=O) groups is 1. The third-order valence-electron chi connectivity index (χ3n) is 4.28. The van der Waals surface area contributed by atoms with Gasteiger partial charge in [-0.3, -0.25) is 4.79 Å². The number of aryl methyl sites for hydroxylation is 3. The van der Waals surface area contributed by atoms with Gasteiger partial charge in [0.1, 0.15) is 22.3 Å². The zero-order valence-electron chi connectivity index (χ0n) is 15.8. The molecule has 3 aromatic heterocycles. The van der Waals surface area contributed by atoms with Crippen molar-refractivity contribution in [3.63, 3.8) is 0 Å². The first-order valence-electron chi connectivity index (χ1n) is 8.72. The molecule has 0 aliphatic heterocycles. The van der Waals surface area contributed by atoms with Crippen LogP contribution in [-0.4, -0.2) is 33.9 Å². The average molecular weight is 369 g/mol. The van der Waals surface area contributed by atoms with Gasteiger partial charge in [-0.1, -0.05) is 6.07 Å². The second kappa shape index (κ2) is 7.37. The average Bonchev–Trinajstić information content (AvgIpc) is 2.92. The fourth-order valence-corrected chi connectivity index (χ4v) is 4.09. The van der Waals surface area contributed by atoms with Crippen LogP contribution in [0.2, 0.25) is 0 Å². The summed E-state index contributed by atoms with van der Waals surface area (Å²) in [5, 5.41) is 3.86. The second-order valence-electron chi connectivity index (χ2n) is 6.12. The molecule has 6 nitrogen and oxygen atoms in total. The molecule has 3 heterocycles. The fraction of sp³-hybridized carbons (Fsp3) is 0.368. The Morgan fingerprint density at radius 1 is 1.12 bits per heavy atom. The lowest BCUT2D eigenvalue weighted by Crippen LogP contribution is -2.23. The van der Waals surface area contributed by atoms with Gasteiger partial charge in [-0.05, 0) is 52.3 Å². The Morgan fingerprint density at radius 3 is 2.50 bits per heavy atom. The molecule has 0 atom stereocenters. The molecule has 0 fully saturated rings. The van der Waals surface area contributed by atoms with Crippen LogP contribution >= 0.6 is 11.3 Å². The van der Waals surface area contributed by atoms with Crippen molar-refractivity contribution < 1.29 is 4.79 Å². The van der Waals surface area contributed by atoms with E-state index < -0.39 is 0 Å². The number of nitrogens with one attached hydrogen (secondary N) is 1. The highest BCUT2D eigenvalue weighted by Gasteiger charge is 2.22. The summed E-state index contributed by atoms with van der Waals surface area (Å²) < 4.78 is 0. The lowest BCUT2D eigenvalue weighted by Gasteiger charge is -2.21. The minimum Gasteiger partial charge on any atom is -0.357 e.